The lowest BCUT2D eigenvalue weighted by Crippen LogP contribution is -2.60. The Labute approximate surface area is 180 Å². The van der Waals surface area contributed by atoms with Crippen molar-refractivity contribution in [2.45, 2.75) is 37.8 Å². The van der Waals surface area contributed by atoms with Crippen molar-refractivity contribution in [3.05, 3.63) is 47.3 Å². The van der Waals surface area contributed by atoms with Gasteiger partial charge in [-0.15, -0.1) is 0 Å². The van der Waals surface area contributed by atoms with Gasteiger partial charge in [0.2, 0.25) is 5.91 Å². The van der Waals surface area contributed by atoms with Crippen LogP contribution in [0.1, 0.15) is 46.8 Å². The number of anilines is 2. The summed E-state index contributed by atoms with van der Waals surface area (Å²) in [7, 11) is 0. The minimum Gasteiger partial charge on any atom is -0.477 e. The molecule has 1 saturated heterocycles. The molecular weight excluding hydrogens is 400 g/mol. The first kappa shape index (κ1) is 22.4. The highest BCUT2D eigenvalue weighted by Crippen LogP contribution is 2.29. The van der Waals surface area contributed by atoms with Gasteiger partial charge in [0, 0.05) is 19.7 Å². The van der Waals surface area contributed by atoms with Crippen molar-refractivity contribution in [2.24, 2.45) is 5.73 Å². The average Bonchev–Trinajstić information content (AvgIpc) is 2.74. The Morgan fingerprint density at radius 3 is 2.45 bits per heavy atom. The molecule has 1 atom stereocenters. The summed E-state index contributed by atoms with van der Waals surface area (Å²) in [5.41, 5.74) is 12.9. The second-order valence-electron chi connectivity index (χ2n) is 7.85. The molecule has 1 unspecified atom stereocenters. The molecule has 7 N–H and O–H groups in total. The molecule has 0 spiro atoms. The number of hydrogen-bond acceptors (Lipinski definition) is 8. The number of nitrogens with zero attached hydrogens (tertiary/aromatic N) is 3. The Morgan fingerprint density at radius 1 is 1.23 bits per heavy atom. The standard InChI is InChI=1S/C21H28N6O4/c1-13-2-4-14(5-3-13)15(6-11-28)26-20(31)21(23)7-9-27(10-8-21)18-16(19(29)30)17(22)24-12-25-18/h2-5,12,15,28H,6-11,23H2,1H3,(H,26,31)(H,29,30)(H2,22,24,25). The number of carbonyl (C=O) groups excluding carboxylic acids is 1. The largest absolute Gasteiger partial charge is 0.477 e. The zero-order chi connectivity index (χ0) is 22.6. The first-order chi connectivity index (χ1) is 14.7. The van der Waals surface area contributed by atoms with Gasteiger partial charge in [-0.05, 0) is 31.7 Å². The van der Waals surface area contributed by atoms with Crippen molar-refractivity contribution < 1.29 is 19.8 Å². The molecule has 2 heterocycles. The SMILES string of the molecule is Cc1ccc(C(CCO)NC(=O)C2(N)CCN(c3ncnc(N)c3C(=O)O)CC2)cc1. The molecule has 3 rings (SSSR count). The maximum Gasteiger partial charge on any atom is 0.343 e. The number of amides is 1. The molecule has 1 amide bonds. The lowest BCUT2D eigenvalue weighted by molar-refractivity contribution is -0.128. The van der Waals surface area contributed by atoms with Crippen LogP contribution < -0.4 is 21.7 Å². The maximum atomic E-state index is 13.0. The number of rotatable bonds is 7. The Hall–Kier alpha value is -3.24. The van der Waals surface area contributed by atoms with E-state index in [0.717, 1.165) is 11.1 Å². The number of carboxylic acids is 1. The van der Waals surface area contributed by atoms with E-state index in [2.05, 4.69) is 15.3 Å². The van der Waals surface area contributed by atoms with E-state index in [1.807, 2.05) is 31.2 Å². The van der Waals surface area contributed by atoms with Gasteiger partial charge < -0.3 is 31.9 Å². The Kier molecular flexibility index (Phi) is 6.71. The van der Waals surface area contributed by atoms with E-state index < -0.39 is 11.5 Å². The van der Waals surface area contributed by atoms with Crippen LogP contribution in [0.15, 0.2) is 30.6 Å². The summed E-state index contributed by atoms with van der Waals surface area (Å²) < 4.78 is 0. The van der Waals surface area contributed by atoms with Crippen molar-refractivity contribution in [1.82, 2.24) is 15.3 Å². The molecule has 0 saturated carbocycles. The molecule has 0 aliphatic carbocycles. The normalized spacial score (nSPS) is 16.5. The number of nitrogens with two attached hydrogens (primary N) is 2. The summed E-state index contributed by atoms with van der Waals surface area (Å²) in [6.45, 7) is 2.59. The summed E-state index contributed by atoms with van der Waals surface area (Å²) in [5.74, 6) is -1.39. The molecule has 0 radical (unpaired) electrons. The third-order valence-corrected chi connectivity index (χ3v) is 5.68. The predicted octanol–water partition coefficient (Wildman–Crippen LogP) is 0.603. The Bertz CT molecular complexity index is 941. The first-order valence-electron chi connectivity index (χ1n) is 10.1. The quantitative estimate of drug-likeness (QED) is 0.424. The number of aromatic nitrogens is 2. The number of aliphatic hydroxyl groups excluding tert-OH is 1. The van der Waals surface area contributed by atoms with E-state index in [-0.39, 0.29) is 35.8 Å². The van der Waals surface area contributed by atoms with Gasteiger partial charge in [-0.2, -0.15) is 0 Å². The van der Waals surface area contributed by atoms with Gasteiger partial charge >= 0.3 is 5.97 Å². The number of nitrogens with one attached hydrogen (secondary N) is 1. The molecule has 31 heavy (non-hydrogen) atoms. The second kappa shape index (κ2) is 9.27. The number of carbonyl (C=O) groups is 2. The highest BCUT2D eigenvalue weighted by molar-refractivity contribution is 5.98. The number of benzene rings is 1. The summed E-state index contributed by atoms with van der Waals surface area (Å²) in [4.78, 5) is 34.2. The highest BCUT2D eigenvalue weighted by Gasteiger charge is 2.39. The van der Waals surface area contributed by atoms with Crippen molar-refractivity contribution >= 4 is 23.5 Å². The number of hydrogen-bond donors (Lipinski definition) is 5. The Morgan fingerprint density at radius 2 is 1.87 bits per heavy atom. The zero-order valence-corrected chi connectivity index (χ0v) is 17.4. The molecule has 10 heteroatoms. The van der Waals surface area contributed by atoms with E-state index in [4.69, 9.17) is 11.5 Å². The van der Waals surface area contributed by atoms with Gasteiger partial charge in [0.05, 0.1) is 11.6 Å². The molecule has 1 aliphatic heterocycles. The van der Waals surface area contributed by atoms with Crippen LogP contribution in [-0.2, 0) is 4.79 Å². The fourth-order valence-electron chi connectivity index (χ4n) is 3.73. The topological polar surface area (TPSA) is 168 Å². The van der Waals surface area contributed by atoms with Crippen molar-refractivity contribution in [1.29, 1.82) is 0 Å². The minimum absolute atomic E-state index is 0.0722. The van der Waals surface area contributed by atoms with Crippen LogP contribution in [0.5, 0.6) is 0 Å². The van der Waals surface area contributed by atoms with Crippen LogP contribution >= 0.6 is 0 Å². The van der Waals surface area contributed by atoms with Crippen LogP contribution in [0.3, 0.4) is 0 Å². The summed E-state index contributed by atoms with van der Waals surface area (Å²) >= 11 is 0. The molecule has 10 nitrogen and oxygen atoms in total. The lowest BCUT2D eigenvalue weighted by atomic mass is 9.86. The van der Waals surface area contributed by atoms with Gasteiger partial charge in [0.1, 0.15) is 23.5 Å². The summed E-state index contributed by atoms with van der Waals surface area (Å²) in [6, 6.07) is 7.41. The fraction of sp³-hybridized carbons (Fsp3) is 0.429. The highest BCUT2D eigenvalue weighted by atomic mass is 16.4. The van der Waals surface area contributed by atoms with Gasteiger partial charge in [-0.1, -0.05) is 29.8 Å². The second-order valence-corrected chi connectivity index (χ2v) is 7.85. The number of aromatic carboxylic acids is 1. The van der Waals surface area contributed by atoms with Gasteiger partial charge in [0.15, 0.2) is 0 Å². The smallest absolute Gasteiger partial charge is 0.343 e. The number of aryl methyl sites for hydroxylation is 1. The molecule has 1 fully saturated rings. The Balaban J connectivity index is 1.71. The number of carboxylic acid groups (broad SMARTS) is 1. The number of nitrogen functional groups attached to an aromatic ring is 1. The average molecular weight is 428 g/mol. The zero-order valence-electron chi connectivity index (χ0n) is 17.4. The van der Waals surface area contributed by atoms with Gasteiger partial charge in [-0.25, -0.2) is 14.8 Å². The summed E-state index contributed by atoms with van der Waals surface area (Å²) in [6.07, 6.45) is 2.21. The van der Waals surface area contributed by atoms with Crippen molar-refractivity contribution in [2.75, 3.05) is 30.3 Å². The fourth-order valence-corrected chi connectivity index (χ4v) is 3.73. The van der Waals surface area contributed by atoms with E-state index >= 15 is 0 Å². The monoisotopic (exact) mass is 428 g/mol. The predicted molar refractivity (Wildman–Crippen MR) is 116 cm³/mol. The first-order valence-corrected chi connectivity index (χ1v) is 10.1. The third-order valence-electron chi connectivity index (χ3n) is 5.68. The van der Waals surface area contributed by atoms with Gasteiger partial charge in [0.25, 0.3) is 0 Å². The van der Waals surface area contributed by atoms with Crippen LogP contribution in [0.25, 0.3) is 0 Å². The van der Waals surface area contributed by atoms with Gasteiger partial charge in [-0.3, -0.25) is 4.79 Å². The number of piperidine rings is 1. The van der Waals surface area contributed by atoms with Crippen molar-refractivity contribution in [3.8, 4) is 0 Å². The third kappa shape index (κ3) is 4.92. The lowest BCUT2D eigenvalue weighted by Gasteiger charge is -2.39. The van der Waals surface area contributed by atoms with E-state index in [1.165, 1.54) is 6.33 Å². The molecule has 0 bridgehead atoms. The molecular formula is C21H28N6O4. The van der Waals surface area contributed by atoms with E-state index in [0.29, 0.717) is 32.4 Å². The van der Waals surface area contributed by atoms with Crippen LogP contribution in [0, 0.1) is 6.92 Å². The minimum atomic E-state index is -1.21. The van der Waals surface area contributed by atoms with E-state index in [9.17, 15) is 19.8 Å². The molecule has 1 aromatic heterocycles. The van der Waals surface area contributed by atoms with Crippen LogP contribution in [0.4, 0.5) is 11.6 Å². The van der Waals surface area contributed by atoms with Crippen LogP contribution in [0.2, 0.25) is 0 Å². The molecule has 1 aromatic carbocycles. The van der Waals surface area contributed by atoms with E-state index in [1.54, 1.807) is 4.90 Å². The molecule has 1 aliphatic rings. The summed E-state index contributed by atoms with van der Waals surface area (Å²) in [5, 5.41) is 21.9. The number of aliphatic hydroxyl groups is 1. The van der Waals surface area contributed by atoms with Crippen molar-refractivity contribution in [3.63, 3.8) is 0 Å². The molecule has 2 aromatic rings. The molecule has 166 valence electrons. The maximum absolute atomic E-state index is 13.0. The van der Waals surface area contributed by atoms with Crippen LogP contribution in [-0.4, -0.2) is 57.3 Å².